The molecule has 0 aromatic heterocycles. The second-order valence-corrected chi connectivity index (χ2v) is 3.21. The molecule has 57 valence electrons. The molecular weight excluding hydrogens is 255 g/mol. The molecule has 1 aromatic carbocycles. The molecule has 0 amide bonds. The van der Waals surface area contributed by atoms with Gasteiger partial charge in [-0.1, -0.05) is 18.2 Å². The van der Waals surface area contributed by atoms with E-state index in [1.807, 2.05) is 34.7 Å². The molecule has 0 aliphatic heterocycles. The molecule has 3 heteroatoms. The predicted molar refractivity (Wildman–Crippen MR) is 49.0 cm³/mol. The summed E-state index contributed by atoms with van der Waals surface area (Å²) in [5.41, 5.74) is 0.531. The van der Waals surface area contributed by atoms with Crippen molar-refractivity contribution in [2.45, 2.75) is 0 Å². The third kappa shape index (κ3) is 2.00. The second kappa shape index (κ2) is 3.82. The normalized spacial score (nSPS) is 9.64. The highest BCUT2D eigenvalue weighted by molar-refractivity contribution is 14.1. The maximum Gasteiger partial charge on any atom is 0.192 e. The van der Waals surface area contributed by atoms with Gasteiger partial charge in [0.2, 0.25) is 0 Å². The van der Waals surface area contributed by atoms with E-state index >= 15 is 0 Å². The fourth-order valence-electron chi connectivity index (χ4n) is 0.765. The first-order chi connectivity index (χ1) is 5.25. The van der Waals surface area contributed by atoms with Gasteiger partial charge in [0.05, 0.1) is 0 Å². The van der Waals surface area contributed by atoms with Crippen LogP contribution in [0, 0.1) is 3.57 Å². The molecule has 0 saturated carbocycles. The molecule has 0 bridgehead atoms. The zero-order valence-electron chi connectivity index (χ0n) is 5.71. The Morgan fingerprint density at radius 3 is 2.55 bits per heavy atom. The van der Waals surface area contributed by atoms with E-state index in [9.17, 15) is 9.90 Å². The topological polar surface area (TPSA) is 37.0 Å². The minimum atomic E-state index is -0.667. The molecule has 0 spiro atoms. The number of ketones is 1. The Morgan fingerprint density at radius 1 is 1.36 bits per heavy atom. The molecule has 1 aromatic rings. The summed E-state index contributed by atoms with van der Waals surface area (Å²) in [4.78, 5) is 10.9. The Labute approximate surface area is 78.4 Å². The quantitative estimate of drug-likeness (QED) is 0.591. The molecule has 1 radical (unpaired) electrons. The standard InChI is InChI=1S/C8H6IO2/c9-7-4-2-1-3-6(7)8(11)5-10/h1-4H,5H2. The molecule has 0 aliphatic carbocycles. The molecule has 2 nitrogen and oxygen atoms in total. The Bertz CT molecular complexity index is 271. The van der Waals surface area contributed by atoms with Gasteiger partial charge in [-0.15, -0.1) is 0 Å². The van der Waals surface area contributed by atoms with Gasteiger partial charge < -0.3 is 0 Å². The van der Waals surface area contributed by atoms with Crippen LogP contribution in [0.1, 0.15) is 10.4 Å². The molecule has 11 heavy (non-hydrogen) atoms. The Hall–Kier alpha value is -0.420. The van der Waals surface area contributed by atoms with Gasteiger partial charge in [-0.25, -0.2) is 5.11 Å². The summed E-state index contributed by atoms with van der Waals surface area (Å²) in [5.74, 6) is -0.338. The van der Waals surface area contributed by atoms with Crippen molar-refractivity contribution in [2.24, 2.45) is 0 Å². The van der Waals surface area contributed by atoms with Gasteiger partial charge in [-0.05, 0) is 28.7 Å². The van der Waals surface area contributed by atoms with E-state index < -0.39 is 6.61 Å². The van der Waals surface area contributed by atoms with E-state index in [-0.39, 0.29) is 5.78 Å². The number of carbonyl (C=O) groups excluding carboxylic acids is 1. The van der Waals surface area contributed by atoms with Gasteiger partial charge in [0, 0.05) is 9.13 Å². The smallest absolute Gasteiger partial charge is 0.192 e. The number of benzene rings is 1. The van der Waals surface area contributed by atoms with E-state index in [4.69, 9.17) is 0 Å². The molecule has 0 fully saturated rings. The molecular formula is C8H6IO2. The lowest BCUT2D eigenvalue weighted by molar-refractivity contribution is 0.0826. The van der Waals surface area contributed by atoms with Crippen LogP contribution in [-0.2, 0) is 5.11 Å². The SMILES string of the molecule is [O]CC(=O)c1ccccc1I. The van der Waals surface area contributed by atoms with Crippen molar-refractivity contribution in [1.29, 1.82) is 0 Å². The maximum absolute atomic E-state index is 10.9. The lowest BCUT2D eigenvalue weighted by atomic mass is 10.1. The third-order valence-electron chi connectivity index (χ3n) is 1.31. The van der Waals surface area contributed by atoms with E-state index in [0.717, 1.165) is 3.57 Å². The van der Waals surface area contributed by atoms with Gasteiger partial charge in [0.15, 0.2) is 5.78 Å². The van der Waals surface area contributed by atoms with Gasteiger partial charge in [0.1, 0.15) is 6.61 Å². The predicted octanol–water partition coefficient (Wildman–Crippen LogP) is 1.90. The molecule has 0 heterocycles. The Kier molecular flexibility index (Phi) is 3.02. The summed E-state index contributed by atoms with van der Waals surface area (Å²) in [6, 6.07) is 7.07. The molecule has 0 aliphatic rings. The lowest BCUT2D eigenvalue weighted by Crippen LogP contribution is -2.04. The fraction of sp³-hybridized carbons (Fsp3) is 0.125. The highest BCUT2D eigenvalue weighted by Gasteiger charge is 2.06. The summed E-state index contributed by atoms with van der Waals surface area (Å²) in [7, 11) is 0. The van der Waals surface area contributed by atoms with Crippen LogP contribution in [0.15, 0.2) is 24.3 Å². The number of halogens is 1. The first kappa shape index (κ1) is 8.67. The lowest BCUT2D eigenvalue weighted by Gasteiger charge is -1.97. The maximum atomic E-state index is 10.9. The highest BCUT2D eigenvalue weighted by atomic mass is 127. The van der Waals surface area contributed by atoms with Crippen molar-refractivity contribution in [3.63, 3.8) is 0 Å². The van der Waals surface area contributed by atoms with Crippen LogP contribution >= 0.6 is 22.6 Å². The first-order valence-electron chi connectivity index (χ1n) is 3.11. The zero-order chi connectivity index (χ0) is 8.27. The van der Waals surface area contributed by atoms with Crippen LogP contribution in [0.5, 0.6) is 0 Å². The van der Waals surface area contributed by atoms with Gasteiger partial charge in [0.25, 0.3) is 0 Å². The minimum absolute atomic E-state index is 0.338. The van der Waals surface area contributed by atoms with Crippen LogP contribution in [0.25, 0.3) is 0 Å². The highest BCUT2D eigenvalue weighted by Crippen LogP contribution is 2.11. The van der Waals surface area contributed by atoms with Crippen molar-refractivity contribution in [3.05, 3.63) is 33.4 Å². The van der Waals surface area contributed by atoms with Gasteiger partial charge in [-0.3, -0.25) is 4.79 Å². The van der Waals surface area contributed by atoms with E-state index in [1.54, 1.807) is 12.1 Å². The minimum Gasteiger partial charge on any atom is -0.291 e. The number of carbonyl (C=O) groups is 1. The third-order valence-corrected chi connectivity index (χ3v) is 2.25. The fourth-order valence-corrected chi connectivity index (χ4v) is 1.45. The largest absolute Gasteiger partial charge is 0.291 e. The van der Waals surface area contributed by atoms with Crippen LogP contribution in [0.4, 0.5) is 0 Å². The monoisotopic (exact) mass is 261 g/mol. The molecule has 0 N–H and O–H groups in total. The summed E-state index contributed by atoms with van der Waals surface area (Å²) < 4.78 is 0.839. The van der Waals surface area contributed by atoms with Crippen LogP contribution < -0.4 is 0 Å². The molecule has 0 unspecified atom stereocenters. The van der Waals surface area contributed by atoms with E-state index in [0.29, 0.717) is 5.56 Å². The van der Waals surface area contributed by atoms with Crippen LogP contribution in [0.3, 0.4) is 0 Å². The van der Waals surface area contributed by atoms with Crippen molar-refractivity contribution >= 4 is 28.4 Å². The number of Topliss-reactive ketones (excluding diaryl/α,β-unsaturated/α-hetero) is 1. The second-order valence-electron chi connectivity index (χ2n) is 2.05. The van der Waals surface area contributed by atoms with Gasteiger partial charge in [-0.2, -0.15) is 0 Å². The Balaban J connectivity index is 3.03. The summed E-state index contributed by atoms with van der Waals surface area (Å²) in [5, 5.41) is 10.2. The molecule has 1 rings (SSSR count). The summed E-state index contributed by atoms with van der Waals surface area (Å²) >= 11 is 2.04. The van der Waals surface area contributed by atoms with Crippen molar-refractivity contribution in [1.82, 2.24) is 0 Å². The summed E-state index contributed by atoms with van der Waals surface area (Å²) in [6.45, 7) is -0.667. The van der Waals surface area contributed by atoms with Crippen molar-refractivity contribution in [2.75, 3.05) is 6.61 Å². The Morgan fingerprint density at radius 2 is 2.00 bits per heavy atom. The first-order valence-corrected chi connectivity index (χ1v) is 4.19. The number of hydrogen-bond donors (Lipinski definition) is 0. The number of rotatable bonds is 2. The van der Waals surface area contributed by atoms with E-state index in [2.05, 4.69) is 0 Å². The molecule has 0 atom stereocenters. The average molecular weight is 261 g/mol. The zero-order valence-corrected chi connectivity index (χ0v) is 7.87. The number of hydrogen-bond acceptors (Lipinski definition) is 1. The average Bonchev–Trinajstić information content (AvgIpc) is 2.04. The van der Waals surface area contributed by atoms with Crippen LogP contribution in [-0.4, -0.2) is 12.4 Å². The van der Waals surface area contributed by atoms with Crippen molar-refractivity contribution in [3.8, 4) is 0 Å². The van der Waals surface area contributed by atoms with Crippen molar-refractivity contribution < 1.29 is 9.90 Å². The summed E-state index contributed by atoms with van der Waals surface area (Å²) in [6.07, 6.45) is 0. The van der Waals surface area contributed by atoms with E-state index in [1.165, 1.54) is 0 Å². The van der Waals surface area contributed by atoms with Crippen LogP contribution in [0.2, 0.25) is 0 Å². The van der Waals surface area contributed by atoms with Gasteiger partial charge >= 0.3 is 0 Å². The molecule has 0 saturated heterocycles.